The minimum absolute atomic E-state index is 0.110. The maximum Gasteiger partial charge on any atom is 0.269 e. The lowest BCUT2D eigenvalue weighted by Crippen LogP contribution is -2.43. The van der Waals surface area contributed by atoms with Crippen LogP contribution in [-0.2, 0) is 20.7 Å². The molecule has 1 aliphatic carbocycles. The summed E-state index contributed by atoms with van der Waals surface area (Å²) in [5.74, 6) is -0.320. The largest absolute Gasteiger partial charge is 0.390 e. The fourth-order valence-electron chi connectivity index (χ4n) is 4.42. The number of nitrogens with zero attached hydrogens (tertiary/aromatic N) is 1. The predicted molar refractivity (Wildman–Crippen MR) is 99.4 cm³/mol. The van der Waals surface area contributed by atoms with Gasteiger partial charge in [-0.05, 0) is 56.2 Å². The molecule has 0 radical (unpaired) electrons. The molecule has 0 atom stereocenters. The van der Waals surface area contributed by atoms with Gasteiger partial charge in [-0.25, -0.2) is 0 Å². The summed E-state index contributed by atoms with van der Waals surface area (Å²) >= 11 is 0. The fourth-order valence-corrected chi connectivity index (χ4v) is 5.04. The van der Waals surface area contributed by atoms with Crippen molar-refractivity contribution in [1.82, 2.24) is 0 Å². The Morgan fingerprint density at radius 2 is 1.69 bits per heavy atom. The van der Waals surface area contributed by atoms with E-state index in [4.69, 9.17) is 4.55 Å². The van der Waals surface area contributed by atoms with E-state index in [1.807, 2.05) is 0 Å². The average molecular weight is 381 g/mol. The van der Waals surface area contributed by atoms with E-state index in [-0.39, 0.29) is 11.3 Å². The summed E-state index contributed by atoms with van der Waals surface area (Å²) in [6, 6.07) is 6.71. The normalized spacial score (nSPS) is 29.5. The predicted octanol–water partition coefficient (Wildman–Crippen LogP) is 2.90. The van der Waals surface area contributed by atoms with E-state index in [2.05, 4.69) is 6.92 Å². The van der Waals surface area contributed by atoms with Gasteiger partial charge in [-0.3, -0.25) is 9.35 Å². The van der Waals surface area contributed by atoms with Gasteiger partial charge in [0.05, 0.1) is 11.0 Å². The van der Waals surface area contributed by atoms with Crippen LogP contribution in [-0.4, -0.2) is 36.1 Å². The molecule has 1 amide bonds. The van der Waals surface area contributed by atoms with Crippen LogP contribution in [0.25, 0.3) is 0 Å². The molecule has 3 rings (SSSR count). The first-order valence-electron chi connectivity index (χ1n) is 9.25. The van der Waals surface area contributed by atoms with Crippen LogP contribution < -0.4 is 4.90 Å². The summed E-state index contributed by atoms with van der Waals surface area (Å²) in [5.41, 5.74) is 0.248. The number of aliphatic hydroxyl groups is 1. The SMILES string of the molecule is CCCC1(O)CCC2(CCN(c3ccc(CS(=O)(=O)O)cc3)C2=O)CC1. The van der Waals surface area contributed by atoms with E-state index in [9.17, 15) is 18.3 Å². The van der Waals surface area contributed by atoms with Crippen LogP contribution in [0.15, 0.2) is 24.3 Å². The second-order valence-electron chi connectivity index (χ2n) is 7.85. The topological polar surface area (TPSA) is 94.9 Å². The van der Waals surface area contributed by atoms with Gasteiger partial charge >= 0.3 is 0 Å². The Kier molecular flexibility index (Phi) is 5.16. The van der Waals surface area contributed by atoms with Gasteiger partial charge in [-0.15, -0.1) is 0 Å². The third kappa shape index (κ3) is 3.94. The van der Waals surface area contributed by atoms with Crippen LogP contribution in [0.3, 0.4) is 0 Å². The van der Waals surface area contributed by atoms with Crippen molar-refractivity contribution in [2.75, 3.05) is 11.4 Å². The van der Waals surface area contributed by atoms with Crippen LogP contribution in [0.4, 0.5) is 5.69 Å². The van der Waals surface area contributed by atoms with Crippen molar-refractivity contribution < 1.29 is 22.9 Å². The summed E-state index contributed by atoms with van der Waals surface area (Å²) in [5, 5.41) is 10.6. The molecule has 144 valence electrons. The van der Waals surface area contributed by atoms with E-state index >= 15 is 0 Å². The maximum absolute atomic E-state index is 13.1. The second kappa shape index (κ2) is 6.94. The van der Waals surface area contributed by atoms with Crippen molar-refractivity contribution in [3.8, 4) is 0 Å². The molecule has 0 aromatic heterocycles. The quantitative estimate of drug-likeness (QED) is 0.765. The summed E-state index contributed by atoms with van der Waals surface area (Å²) in [4.78, 5) is 14.8. The number of carbonyl (C=O) groups is 1. The molecule has 1 saturated carbocycles. The molecule has 1 saturated heterocycles. The van der Waals surface area contributed by atoms with Gasteiger partial charge in [0.15, 0.2) is 0 Å². The Balaban J connectivity index is 1.70. The lowest BCUT2D eigenvalue weighted by molar-refractivity contribution is -0.130. The summed E-state index contributed by atoms with van der Waals surface area (Å²) in [6.07, 6.45) is 5.32. The van der Waals surface area contributed by atoms with E-state index in [0.29, 0.717) is 24.9 Å². The molecular weight excluding hydrogens is 354 g/mol. The average Bonchev–Trinajstić information content (AvgIpc) is 2.88. The van der Waals surface area contributed by atoms with Crippen molar-refractivity contribution in [2.24, 2.45) is 5.41 Å². The van der Waals surface area contributed by atoms with Crippen molar-refractivity contribution in [2.45, 2.75) is 63.2 Å². The van der Waals surface area contributed by atoms with Gasteiger partial charge in [-0.1, -0.05) is 25.5 Å². The number of benzene rings is 1. The molecule has 1 spiro atoms. The number of amides is 1. The van der Waals surface area contributed by atoms with Gasteiger partial charge in [0.25, 0.3) is 10.1 Å². The highest BCUT2D eigenvalue weighted by Crippen LogP contribution is 2.49. The summed E-state index contributed by atoms with van der Waals surface area (Å²) in [6.45, 7) is 2.71. The number of hydrogen-bond donors (Lipinski definition) is 2. The monoisotopic (exact) mass is 381 g/mol. The molecule has 7 heteroatoms. The second-order valence-corrected chi connectivity index (χ2v) is 9.31. The Morgan fingerprint density at radius 3 is 2.23 bits per heavy atom. The highest BCUT2D eigenvalue weighted by atomic mass is 32.2. The minimum atomic E-state index is -4.06. The van der Waals surface area contributed by atoms with E-state index in [0.717, 1.165) is 37.8 Å². The Labute approximate surface area is 155 Å². The molecule has 26 heavy (non-hydrogen) atoms. The zero-order chi connectivity index (χ0) is 19.0. The van der Waals surface area contributed by atoms with Gasteiger partial charge < -0.3 is 10.0 Å². The molecule has 1 aliphatic heterocycles. The lowest BCUT2D eigenvalue weighted by atomic mass is 9.67. The van der Waals surface area contributed by atoms with Crippen LogP contribution in [0.5, 0.6) is 0 Å². The zero-order valence-corrected chi connectivity index (χ0v) is 16.0. The highest BCUT2D eigenvalue weighted by molar-refractivity contribution is 7.85. The molecule has 2 N–H and O–H groups in total. The van der Waals surface area contributed by atoms with Crippen LogP contribution in [0.1, 0.15) is 57.4 Å². The molecule has 2 aliphatic rings. The summed E-state index contributed by atoms with van der Waals surface area (Å²) in [7, 11) is -4.06. The minimum Gasteiger partial charge on any atom is -0.390 e. The van der Waals surface area contributed by atoms with Crippen LogP contribution in [0, 0.1) is 5.41 Å². The first-order chi connectivity index (χ1) is 12.2. The Hall–Kier alpha value is -1.44. The van der Waals surface area contributed by atoms with Crippen molar-refractivity contribution in [1.29, 1.82) is 0 Å². The van der Waals surface area contributed by atoms with Gasteiger partial charge in [0, 0.05) is 12.2 Å². The molecule has 1 aromatic carbocycles. The number of rotatable bonds is 5. The standard InChI is InChI=1S/C19H27NO5S/c1-2-7-19(22)10-8-18(9-11-19)12-13-20(17(18)21)16-5-3-15(4-6-16)14-26(23,24)25/h3-6,22H,2,7-14H2,1H3,(H,23,24,25). The van der Waals surface area contributed by atoms with Crippen molar-refractivity contribution in [3.63, 3.8) is 0 Å². The van der Waals surface area contributed by atoms with Gasteiger partial charge in [-0.2, -0.15) is 8.42 Å². The number of carbonyl (C=O) groups excluding carboxylic acids is 1. The molecule has 0 bridgehead atoms. The summed E-state index contributed by atoms with van der Waals surface area (Å²) < 4.78 is 30.9. The molecule has 6 nitrogen and oxygen atoms in total. The van der Waals surface area contributed by atoms with Crippen molar-refractivity contribution >= 4 is 21.7 Å². The lowest BCUT2D eigenvalue weighted by Gasteiger charge is -2.41. The van der Waals surface area contributed by atoms with Crippen molar-refractivity contribution in [3.05, 3.63) is 29.8 Å². The van der Waals surface area contributed by atoms with Crippen LogP contribution in [0.2, 0.25) is 0 Å². The number of hydrogen-bond acceptors (Lipinski definition) is 4. The smallest absolute Gasteiger partial charge is 0.269 e. The zero-order valence-electron chi connectivity index (χ0n) is 15.1. The molecule has 1 heterocycles. The van der Waals surface area contributed by atoms with E-state index in [1.54, 1.807) is 29.2 Å². The van der Waals surface area contributed by atoms with Gasteiger partial charge in [0.2, 0.25) is 5.91 Å². The third-order valence-corrected chi connectivity index (χ3v) is 6.66. The first kappa shape index (κ1) is 19.3. The third-order valence-electron chi connectivity index (χ3n) is 5.96. The van der Waals surface area contributed by atoms with E-state index < -0.39 is 21.5 Å². The maximum atomic E-state index is 13.1. The Morgan fingerprint density at radius 1 is 1.08 bits per heavy atom. The molecular formula is C19H27NO5S. The number of anilines is 1. The van der Waals surface area contributed by atoms with Crippen LogP contribution >= 0.6 is 0 Å². The molecule has 1 aromatic rings. The first-order valence-corrected chi connectivity index (χ1v) is 10.9. The van der Waals surface area contributed by atoms with E-state index in [1.165, 1.54) is 0 Å². The highest BCUT2D eigenvalue weighted by Gasteiger charge is 2.51. The fraction of sp³-hybridized carbons (Fsp3) is 0.632. The molecule has 0 unspecified atom stereocenters. The van der Waals surface area contributed by atoms with Gasteiger partial charge in [0.1, 0.15) is 5.75 Å². The molecule has 2 fully saturated rings. The Bertz CT molecular complexity index is 764.